The quantitative estimate of drug-likeness (QED) is 0.610. The predicted molar refractivity (Wildman–Crippen MR) is 81.4 cm³/mol. The highest BCUT2D eigenvalue weighted by Crippen LogP contribution is 2.61. The van der Waals surface area contributed by atoms with Gasteiger partial charge in [-0.1, -0.05) is 0 Å². The summed E-state index contributed by atoms with van der Waals surface area (Å²) in [4.78, 5) is 20.9. The number of pyridine rings is 1. The smallest absolute Gasteiger partial charge is 0.244 e. The lowest BCUT2D eigenvalue weighted by Crippen LogP contribution is -2.51. The van der Waals surface area contributed by atoms with Gasteiger partial charge in [0.2, 0.25) is 5.91 Å². The Hall–Kier alpha value is -2.15. The minimum absolute atomic E-state index is 0.00731. The molecule has 1 aromatic rings. The Morgan fingerprint density at radius 1 is 1.41 bits per heavy atom. The molecule has 0 spiro atoms. The van der Waals surface area contributed by atoms with Crippen molar-refractivity contribution in [2.75, 3.05) is 5.32 Å². The average Bonchev–Trinajstić information content (AvgIpc) is 3.37. The number of amidine groups is 1. The van der Waals surface area contributed by atoms with Crippen molar-refractivity contribution in [2.24, 2.45) is 16.3 Å². The molecule has 1 atom stereocenters. The molecule has 1 unspecified atom stereocenters. The summed E-state index contributed by atoms with van der Waals surface area (Å²) in [6, 6.07) is 3.67. The van der Waals surface area contributed by atoms with Crippen molar-refractivity contribution in [3.8, 4) is 0 Å². The molecular formula is C15H19N5O2. The second-order valence-corrected chi connectivity index (χ2v) is 6.38. The van der Waals surface area contributed by atoms with Crippen molar-refractivity contribution in [1.82, 2.24) is 15.8 Å². The monoisotopic (exact) mass is 301 g/mol. The van der Waals surface area contributed by atoms with Gasteiger partial charge >= 0.3 is 0 Å². The van der Waals surface area contributed by atoms with Gasteiger partial charge in [0.15, 0.2) is 17.9 Å². The van der Waals surface area contributed by atoms with E-state index in [1.165, 1.54) is 0 Å². The van der Waals surface area contributed by atoms with Crippen LogP contribution in [0, 0.1) is 18.3 Å². The van der Waals surface area contributed by atoms with Crippen LogP contribution in [-0.2, 0) is 4.79 Å². The van der Waals surface area contributed by atoms with Crippen LogP contribution in [0.4, 0.5) is 11.5 Å². The Morgan fingerprint density at radius 3 is 2.86 bits per heavy atom. The lowest BCUT2D eigenvalue weighted by molar-refractivity contribution is -0.127. The number of carbonyl (C=O) groups excluding carboxylic acids is 1. The van der Waals surface area contributed by atoms with Crippen LogP contribution in [0.2, 0.25) is 0 Å². The van der Waals surface area contributed by atoms with Crippen molar-refractivity contribution < 1.29 is 9.90 Å². The standard InChI is InChI=1S/C15H19N5O2/c1-8-2-5-10-11(16-8)18-12(13(21)17-10)19-20-14(22)15(6-7-15)9-3-4-9/h2,5,9,13,17,21H,3-4,6-7H2,1H3,(H,20,22)(H,16,18,19). The Bertz CT molecular complexity index is 664. The number of aryl methyl sites for hydroxylation is 1. The van der Waals surface area contributed by atoms with Crippen molar-refractivity contribution in [1.29, 1.82) is 0 Å². The summed E-state index contributed by atoms with van der Waals surface area (Å²) in [6.07, 6.45) is 3.22. The van der Waals surface area contributed by atoms with Crippen LogP contribution in [0.3, 0.4) is 0 Å². The number of nitrogens with zero attached hydrogens (tertiary/aromatic N) is 2. The van der Waals surface area contributed by atoms with E-state index in [2.05, 4.69) is 26.1 Å². The van der Waals surface area contributed by atoms with E-state index >= 15 is 0 Å². The third kappa shape index (κ3) is 2.21. The van der Waals surface area contributed by atoms with Crippen LogP contribution < -0.4 is 16.2 Å². The molecular weight excluding hydrogens is 282 g/mol. The van der Waals surface area contributed by atoms with Gasteiger partial charge in [-0.05, 0) is 50.7 Å². The first kappa shape index (κ1) is 13.5. The van der Waals surface area contributed by atoms with Crippen LogP contribution >= 0.6 is 0 Å². The summed E-state index contributed by atoms with van der Waals surface area (Å²) < 4.78 is 0. The second-order valence-electron chi connectivity index (χ2n) is 6.38. The molecule has 1 amide bonds. The molecule has 3 aliphatic rings. The molecule has 0 bridgehead atoms. The first-order chi connectivity index (χ1) is 10.6. The summed E-state index contributed by atoms with van der Waals surface area (Å²) in [6.45, 7) is 1.88. The molecule has 4 N–H and O–H groups in total. The van der Waals surface area contributed by atoms with Crippen LogP contribution in [0.5, 0.6) is 0 Å². The Balaban J connectivity index is 1.47. The van der Waals surface area contributed by atoms with Crippen LogP contribution in [-0.4, -0.2) is 28.1 Å². The molecule has 1 aromatic heterocycles. The maximum absolute atomic E-state index is 12.3. The van der Waals surface area contributed by atoms with Gasteiger partial charge < -0.3 is 10.4 Å². The molecule has 116 valence electrons. The van der Waals surface area contributed by atoms with E-state index in [9.17, 15) is 9.90 Å². The second kappa shape index (κ2) is 4.67. The summed E-state index contributed by atoms with van der Waals surface area (Å²) in [5, 5.41) is 13.0. The van der Waals surface area contributed by atoms with Crippen molar-refractivity contribution >= 4 is 23.2 Å². The first-order valence-corrected chi connectivity index (χ1v) is 7.66. The van der Waals surface area contributed by atoms with E-state index in [0.29, 0.717) is 17.4 Å². The van der Waals surface area contributed by atoms with Gasteiger partial charge in [-0.3, -0.25) is 15.6 Å². The Morgan fingerprint density at radius 2 is 2.18 bits per heavy atom. The largest absolute Gasteiger partial charge is 0.367 e. The minimum Gasteiger partial charge on any atom is -0.367 e. The van der Waals surface area contributed by atoms with Gasteiger partial charge in [0.05, 0.1) is 11.1 Å². The van der Waals surface area contributed by atoms with Gasteiger partial charge in [0.25, 0.3) is 0 Å². The number of aliphatic hydroxyl groups excluding tert-OH is 1. The van der Waals surface area contributed by atoms with E-state index in [-0.39, 0.29) is 17.2 Å². The highest BCUT2D eigenvalue weighted by Gasteiger charge is 2.59. The molecule has 0 radical (unpaired) electrons. The zero-order chi connectivity index (χ0) is 15.3. The highest BCUT2D eigenvalue weighted by atomic mass is 16.3. The third-order valence-electron chi connectivity index (χ3n) is 4.70. The summed E-state index contributed by atoms with van der Waals surface area (Å²) >= 11 is 0. The van der Waals surface area contributed by atoms with E-state index in [4.69, 9.17) is 0 Å². The summed E-state index contributed by atoms with van der Waals surface area (Å²) in [5.74, 6) is 1.31. The van der Waals surface area contributed by atoms with Gasteiger partial charge in [-0.15, -0.1) is 0 Å². The van der Waals surface area contributed by atoms with Gasteiger partial charge in [-0.2, -0.15) is 0 Å². The number of hydrogen-bond acceptors (Lipinski definition) is 6. The Kier molecular flexibility index (Phi) is 2.87. The molecule has 22 heavy (non-hydrogen) atoms. The molecule has 2 heterocycles. The maximum atomic E-state index is 12.3. The molecule has 0 aromatic carbocycles. The maximum Gasteiger partial charge on any atom is 0.244 e. The molecule has 2 fully saturated rings. The number of aliphatic hydroxyl groups is 1. The van der Waals surface area contributed by atoms with E-state index < -0.39 is 6.23 Å². The van der Waals surface area contributed by atoms with Gasteiger partial charge in [0.1, 0.15) is 0 Å². The molecule has 7 heteroatoms. The minimum atomic E-state index is -0.992. The zero-order valence-corrected chi connectivity index (χ0v) is 12.4. The van der Waals surface area contributed by atoms with E-state index in [1.54, 1.807) is 0 Å². The number of aromatic nitrogens is 1. The number of aliphatic imine (C=N–C) groups is 1. The first-order valence-electron chi connectivity index (χ1n) is 7.66. The average molecular weight is 301 g/mol. The molecule has 0 saturated heterocycles. The van der Waals surface area contributed by atoms with Crippen LogP contribution in [0.15, 0.2) is 17.1 Å². The number of hydrazine groups is 1. The fraction of sp³-hybridized carbons (Fsp3) is 0.533. The number of nitrogens with one attached hydrogen (secondary N) is 3. The number of fused-ring (bicyclic) bond motifs is 1. The van der Waals surface area contributed by atoms with E-state index in [1.807, 2.05) is 19.1 Å². The zero-order valence-electron chi connectivity index (χ0n) is 12.4. The lowest BCUT2D eigenvalue weighted by atomic mass is 10.0. The molecule has 7 nitrogen and oxygen atoms in total. The molecule has 2 saturated carbocycles. The fourth-order valence-corrected chi connectivity index (χ4v) is 3.06. The topological polar surface area (TPSA) is 98.6 Å². The number of carbonyl (C=O) groups is 1. The number of amides is 1. The van der Waals surface area contributed by atoms with Crippen LogP contribution in [0.25, 0.3) is 0 Å². The molecule has 1 aliphatic heterocycles. The van der Waals surface area contributed by atoms with E-state index in [0.717, 1.165) is 31.4 Å². The molecule has 2 aliphatic carbocycles. The fourth-order valence-electron chi connectivity index (χ4n) is 3.06. The summed E-state index contributed by atoms with van der Waals surface area (Å²) in [7, 11) is 0. The van der Waals surface area contributed by atoms with Crippen molar-refractivity contribution in [2.45, 2.75) is 38.8 Å². The highest BCUT2D eigenvalue weighted by molar-refractivity contribution is 5.96. The number of rotatable bonds is 2. The van der Waals surface area contributed by atoms with Gasteiger partial charge in [-0.25, -0.2) is 9.98 Å². The van der Waals surface area contributed by atoms with Crippen molar-refractivity contribution in [3.05, 3.63) is 17.8 Å². The number of anilines is 1. The SMILES string of the molecule is Cc1ccc2c(n1)N=C(NNC(=O)C1(C3CC3)CC1)C(O)N2. The predicted octanol–water partition coefficient (Wildman–Crippen LogP) is 0.975. The molecule has 4 rings (SSSR count). The van der Waals surface area contributed by atoms with Crippen molar-refractivity contribution in [3.63, 3.8) is 0 Å². The third-order valence-corrected chi connectivity index (χ3v) is 4.70. The summed E-state index contributed by atoms with van der Waals surface area (Å²) in [5.41, 5.74) is 6.80. The Labute approximate surface area is 128 Å². The van der Waals surface area contributed by atoms with Gasteiger partial charge in [0, 0.05) is 5.69 Å². The number of hydrogen-bond donors (Lipinski definition) is 4. The normalized spacial score (nSPS) is 24.6. The lowest BCUT2D eigenvalue weighted by Gasteiger charge is -2.24. The van der Waals surface area contributed by atoms with Crippen LogP contribution in [0.1, 0.15) is 31.4 Å².